The molecule has 11 heavy (non-hydrogen) atoms. The van der Waals surface area contributed by atoms with Gasteiger partial charge in [-0.2, -0.15) is 13.2 Å². The third kappa shape index (κ3) is 3.46. The molecule has 0 spiro atoms. The first-order chi connectivity index (χ1) is 4.89. The fraction of sp³-hybridized carbons (Fsp3) is 0.800. The van der Waals surface area contributed by atoms with Crippen molar-refractivity contribution in [2.24, 2.45) is 4.99 Å². The molecule has 0 aliphatic carbocycles. The van der Waals surface area contributed by atoms with Crippen LogP contribution in [0, 0.1) is 0 Å². The van der Waals surface area contributed by atoms with E-state index in [2.05, 4.69) is 4.99 Å². The summed E-state index contributed by atoms with van der Waals surface area (Å²) < 4.78 is 36.1. The van der Waals surface area contributed by atoms with Crippen LogP contribution in [0.15, 0.2) is 4.99 Å². The zero-order valence-corrected chi connectivity index (χ0v) is 6.87. The molecule has 0 unspecified atom stereocenters. The summed E-state index contributed by atoms with van der Waals surface area (Å²) in [7, 11) is 1.09. The molecule has 0 aliphatic heterocycles. The third-order valence-corrected chi connectivity index (χ3v) is 1.01. The average Bonchev–Trinajstić information content (AvgIpc) is 1.79. The Bertz CT molecular complexity index is 152. The van der Waals surface area contributed by atoms with Crippen LogP contribution < -0.4 is 0 Å². The molecule has 0 rings (SSSR count). The fourth-order valence-corrected chi connectivity index (χ4v) is 0.661. The first kappa shape index (κ1) is 10.6. The normalized spacial score (nSPS) is 13.5. The van der Waals surface area contributed by atoms with E-state index in [9.17, 15) is 13.2 Å². The van der Waals surface area contributed by atoms with Crippen LogP contribution >= 0.6 is 11.8 Å². The molecule has 0 aromatic rings. The molecule has 2 nitrogen and oxygen atoms in total. The number of alkyl halides is 3. The summed E-state index contributed by atoms with van der Waals surface area (Å²) in [4.78, 5) is 3.18. The molecule has 0 bridgehead atoms. The molecule has 6 heteroatoms. The number of aliphatic imine (C=N–C) groups is 1. The predicted octanol–water partition coefficient (Wildman–Crippen LogP) is 2.05. The maximum Gasteiger partial charge on any atom is 0.450 e. The van der Waals surface area contributed by atoms with Gasteiger partial charge in [0, 0.05) is 25.4 Å². The second-order valence-electron chi connectivity index (χ2n) is 1.77. The zero-order chi connectivity index (χ0) is 9.07. The lowest BCUT2D eigenvalue weighted by Gasteiger charge is -2.14. The molecule has 0 amide bonds. The van der Waals surface area contributed by atoms with Gasteiger partial charge in [0.25, 0.3) is 0 Å². The van der Waals surface area contributed by atoms with Crippen molar-refractivity contribution < 1.29 is 13.2 Å². The monoisotopic (exact) mass is 188 g/mol. The predicted molar refractivity (Wildman–Crippen MR) is 37.6 cm³/mol. The van der Waals surface area contributed by atoms with Crippen molar-refractivity contribution in [1.82, 2.24) is 4.42 Å². The number of rotatable bonds is 1. The fourth-order valence-electron chi connectivity index (χ4n) is 0.512. The highest BCUT2D eigenvalue weighted by Gasteiger charge is 2.38. The topological polar surface area (TPSA) is 15.6 Å². The molecule has 0 saturated heterocycles. The summed E-state index contributed by atoms with van der Waals surface area (Å²) >= 11 is 5.09. The van der Waals surface area contributed by atoms with Gasteiger partial charge in [0.1, 0.15) is 0 Å². The van der Waals surface area contributed by atoms with Crippen LogP contribution in [-0.2, 0) is 0 Å². The van der Waals surface area contributed by atoms with Crippen LogP contribution in [0.1, 0.15) is 6.92 Å². The van der Waals surface area contributed by atoms with Crippen LogP contribution in [0.5, 0.6) is 0 Å². The van der Waals surface area contributed by atoms with E-state index in [0.29, 0.717) is 4.42 Å². The zero-order valence-electron chi connectivity index (χ0n) is 6.11. The number of hydrogen-bond donors (Lipinski definition) is 0. The summed E-state index contributed by atoms with van der Waals surface area (Å²) in [5, 5.41) is 0. The van der Waals surface area contributed by atoms with Gasteiger partial charge < -0.3 is 0 Å². The average molecular weight is 189 g/mol. The number of amidine groups is 1. The van der Waals surface area contributed by atoms with Gasteiger partial charge in [0.05, 0.1) is 0 Å². The van der Waals surface area contributed by atoms with E-state index in [-0.39, 0.29) is 6.54 Å². The molecule has 0 saturated carbocycles. The van der Waals surface area contributed by atoms with E-state index in [1.165, 1.54) is 6.92 Å². The molecule has 0 fully saturated rings. The third-order valence-electron chi connectivity index (χ3n) is 0.853. The lowest BCUT2D eigenvalue weighted by atomic mass is 10.5. The van der Waals surface area contributed by atoms with Gasteiger partial charge in [-0.3, -0.25) is 9.41 Å². The van der Waals surface area contributed by atoms with Crippen LogP contribution in [0.25, 0.3) is 0 Å². The van der Waals surface area contributed by atoms with Crippen molar-refractivity contribution in [2.75, 3.05) is 13.6 Å². The van der Waals surface area contributed by atoms with E-state index in [1.54, 1.807) is 0 Å². The van der Waals surface area contributed by atoms with E-state index in [0.717, 1.165) is 7.05 Å². The first-order valence-corrected chi connectivity index (χ1v) is 3.24. The molecular formula is C5H8ClF3N2. The lowest BCUT2D eigenvalue weighted by molar-refractivity contribution is -0.0649. The van der Waals surface area contributed by atoms with Gasteiger partial charge in [0.2, 0.25) is 5.84 Å². The Kier molecular flexibility index (Phi) is 3.65. The minimum Gasteiger partial charge on any atom is -0.268 e. The summed E-state index contributed by atoms with van der Waals surface area (Å²) in [6.45, 7) is 1.57. The SMILES string of the molecule is CCN=C(N(C)Cl)C(F)(F)F. The Labute approximate surface area is 67.8 Å². The summed E-state index contributed by atoms with van der Waals surface area (Å²) in [6, 6.07) is 0. The van der Waals surface area contributed by atoms with Crippen molar-refractivity contribution in [3.63, 3.8) is 0 Å². The van der Waals surface area contributed by atoms with Gasteiger partial charge in [-0.15, -0.1) is 0 Å². The summed E-state index contributed by atoms with van der Waals surface area (Å²) in [6.07, 6.45) is -4.47. The molecule has 66 valence electrons. The van der Waals surface area contributed by atoms with Gasteiger partial charge in [-0.05, 0) is 6.92 Å². The highest BCUT2D eigenvalue weighted by Crippen LogP contribution is 2.20. The molecule has 0 aromatic heterocycles. The van der Waals surface area contributed by atoms with Crippen molar-refractivity contribution in [3.05, 3.63) is 0 Å². The van der Waals surface area contributed by atoms with E-state index in [1.807, 2.05) is 0 Å². The molecule has 0 N–H and O–H groups in total. The minimum atomic E-state index is -4.47. The number of halogens is 4. The molecular weight excluding hydrogens is 181 g/mol. The lowest BCUT2D eigenvalue weighted by Crippen LogP contribution is -2.33. The van der Waals surface area contributed by atoms with Crippen LogP contribution in [-0.4, -0.2) is 30.0 Å². The molecule has 0 aromatic carbocycles. The Morgan fingerprint density at radius 3 is 2.09 bits per heavy atom. The number of hydrogen-bond acceptors (Lipinski definition) is 1. The van der Waals surface area contributed by atoms with Crippen molar-refractivity contribution >= 4 is 17.6 Å². The highest BCUT2D eigenvalue weighted by atomic mass is 35.5. The Hall–Kier alpha value is -0.450. The Morgan fingerprint density at radius 2 is 2.00 bits per heavy atom. The van der Waals surface area contributed by atoms with Gasteiger partial charge in [-0.25, -0.2) is 0 Å². The second kappa shape index (κ2) is 3.80. The largest absolute Gasteiger partial charge is 0.450 e. The maximum absolute atomic E-state index is 11.9. The Balaban J connectivity index is 4.49. The Morgan fingerprint density at radius 1 is 1.55 bits per heavy atom. The van der Waals surface area contributed by atoms with Crippen LogP contribution in [0.4, 0.5) is 13.2 Å². The molecule has 0 aliphatic rings. The molecule has 0 heterocycles. The number of nitrogens with zero attached hydrogens (tertiary/aromatic N) is 2. The van der Waals surface area contributed by atoms with Crippen LogP contribution in [0.2, 0.25) is 0 Å². The van der Waals surface area contributed by atoms with Gasteiger partial charge >= 0.3 is 6.18 Å². The standard InChI is InChI=1S/C5H8ClF3N2/c1-3-10-4(11(2)6)5(7,8)9/h3H2,1-2H3. The molecule has 0 atom stereocenters. The highest BCUT2D eigenvalue weighted by molar-refractivity contribution is 6.22. The second-order valence-corrected chi connectivity index (χ2v) is 2.28. The smallest absolute Gasteiger partial charge is 0.268 e. The van der Waals surface area contributed by atoms with E-state index < -0.39 is 12.0 Å². The van der Waals surface area contributed by atoms with Crippen molar-refractivity contribution in [3.8, 4) is 0 Å². The van der Waals surface area contributed by atoms with E-state index >= 15 is 0 Å². The van der Waals surface area contributed by atoms with Crippen molar-refractivity contribution in [1.29, 1.82) is 0 Å². The first-order valence-electron chi connectivity index (χ1n) is 2.90. The summed E-state index contributed by atoms with van der Waals surface area (Å²) in [5.74, 6) is -1.07. The maximum atomic E-state index is 11.9. The van der Waals surface area contributed by atoms with Gasteiger partial charge in [0.15, 0.2) is 0 Å². The van der Waals surface area contributed by atoms with Gasteiger partial charge in [-0.1, -0.05) is 0 Å². The van der Waals surface area contributed by atoms with Crippen molar-refractivity contribution in [2.45, 2.75) is 13.1 Å². The quantitative estimate of drug-likeness (QED) is 0.349. The molecule has 0 radical (unpaired) electrons. The minimum absolute atomic E-state index is 0.0614. The van der Waals surface area contributed by atoms with E-state index in [4.69, 9.17) is 11.8 Å². The van der Waals surface area contributed by atoms with Crippen LogP contribution in [0.3, 0.4) is 0 Å². The summed E-state index contributed by atoms with van der Waals surface area (Å²) in [5.41, 5.74) is 0.